The van der Waals surface area contributed by atoms with E-state index in [0.29, 0.717) is 36.7 Å². The Kier molecular flexibility index (Phi) is 4.48. The quantitative estimate of drug-likeness (QED) is 0.590. The summed E-state index contributed by atoms with van der Waals surface area (Å²) in [6, 6.07) is 4.66. The van der Waals surface area contributed by atoms with Gasteiger partial charge in [-0.2, -0.15) is 0 Å². The number of carbonyl (C=O) groups excluding carboxylic acids is 4. The summed E-state index contributed by atoms with van der Waals surface area (Å²) in [7, 11) is 0. The molecule has 7 rings (SSSR count). The summed E-state index contributed by atoms with van der Waals surface area (Å²) < 4.78 is 7.57. The molecule has 1 unspecified atom stereocenters. The molecule has 11 heteroatoms. The number of nitrogens with zero attached hydrogens (tertiary/aromatic N) is 4. The predicted molar refractivity (Wildman–Crippen MR) is 123 cm³/mol. The Hall–Kier alpha value is -3.60. The van der Waals surface area contributed by atoms with Crippen LogP contribution in [0.15, 0.2) is 24.4 Å². The number of ether oxygens (including phenoxy) is 1. The lowest BCUT2D eigenvalue weighted by Gasteiger charge is -2.45. The van der Waals surface area contributed by atoms with Crippen LogP contribution in [0.25, 0.3) is 5.69 Å². The van der Waals surface area contributed by atoms with Gasteiger partial charge in [0.05, 0.1) is 24.1 Å². The van der Waals surface area contributed by atoms with Crippen LogP contribution >= 0.6 is 0 Å². The second-order valence-electron chi connectivity index (χ2n) is 10.7. The lowest BCUT2D eigenvalue weighted by molar-refractivity contribution is -0.136. The van der Waals surface area contributed by atoms with E-state index in [1.165, 1.54) is 16.0 Å². The molecule has 4 heterocycles. The summed E-state index contributed by atoms with van der Waals surface area (Å²) in [5.41, 5.74) is 2.12. The Morgan fingerprint density at radius 3 is 2.86 bits per heavy atom. The zero-order valence-electron chi connectivity index (χ0n) is 19.7. The van der Waals surface area contributed by atoms with Crippen molar-refractivity contribution in [2.45, 2.75) is 56.7 Å². The van der Waals surface area contributed by atoms with Crippen LogP contribution in [0.4, 0.5) is 0 Å². The average Bonchev–Trinajstić information content (AvgIpc) is 3.16. The van der Waals surface area contributed by atoms with Gasteiger partial charge in [-0.25, -0.2) is 4.68 Å². The maximum absolute atomic E-state index is 13.1. The molecule has 5 aliphatic rings. The number of rotatable bonds is 5. The Balaban J connectivity index is 1.05. The van der Waals surface area contributed by atoms with E-state index in [1.807, 2.05) is 6.07 Å². The van der Waals surface area contributed by atoms with Crippen molar-refractivity contribution < 1.29 is 23.9 Å². The maximum atomic E-state index is 13.1. The molecule has 1 aromatic carbocycles. The topological polar surface area (TPSA) is 136 Å². The number of hydrogen-bond acceptors (Lipinski definition) is 7. The van der Waals surface area contributed by atoms with Crippen molar-refractivity contribution in [1.29, 1.82) is 0 Å². The molecule has 1 spiro atoms. The van der Waals surface area contributed by atoms with Crippen LogP contribution in [0.3, 0.4) is 0 Å². The van der Waals surface area contributed by atoms with E-state index in [0.717, 1.165) is 31.4 Å². The van der Waals surface area contributed by atoms with Gasteiger partial charge in [0, 0.05) is 30.5 Å². The highest BCUT2D eigenvalue weighted by atomic mass is 16.5. The number of nitrogens with one attached hydrogen (secondary N) is 2. The van der Waals surface area contributed by atoms with E-state index in [9.17, 15) is 19.2 Å². The molecule has 11 nitrogen and oxygen atoms in total. The van der Waals surface area contributed by atoms with E-state index in [4.69, 9.17) is 4.74 Å². The zero-order valence-corrected chi connectivity index (χ0v) is 19.7. The molecule has 0 radical (unpaired) electrons. The van der Waals surface area contributed by atoms with Crippen molar-refractivity contribution >= 4 is 23.6 Å². The second kappa shape index (κ2) is 7.45. The van der Waals surface area contributed by atoms with Gasteiger partial charge in [-0.1, -0.05) is 11.3 Å². The molecular weight excluding hydrogens is 464 g/mol. The fraction of sp³-hybridized carbons (Fsp3) is 0.520. The van der Waals surface area contributed by atoms with Crippen LogP contribution in [0, 0.1) is 11.3 Å². The van der Waals surface area contributed by atoms with E-state index in [2.05, 4.69) is 20.9 Å². The Bertz CT molecular complexity index is 1330. The van der Waals surface area contributed by atoms with Gasteiger partial charge in [0.1, 0.15) is 6.04 Å². The number of fused-ring (bicyclic) bond motifs is 3. The fourth-order valence-electron chi connectivity index (χ4n) is 6.59. The highest BCUT2D eigenvalue weighted by Gasteiger charge is 2.73. The normalized spacial score (nSPS) is 29.6. The number of benzene rings is 1. The van der Waals surface area contributed by atoms with Gasteiger partial charge in [-0.15, -0.1) is 5.10 Å². The average molecular weight is 491 g/mol. The number of piperidine rings is 1. The molecule has 4 fully saturated rings. The minimum atomic E-state index is -0.664. The number of imide groups is 1. The molecule has 2 aliphatic carbocycles. The standard InChI is InChI=1S/C25H26N6O5/c32-20-5-4-19(22(34)27-20)30-10-14-2-3-16(8-17(14)23(30)35)31-11-18(28-29-31)21(33)26-13-24-9-15(24)12-36-25(24)6-1-7-25/h2-3,8,11,15,19H,1,4-7,9-10,12-13H2,(H,26,33)(H,27,32,34)/t15-,19?,24+/m0/s1. The minimum Gasteiger partial charge on any atom is -0.374 e. The lowest BCUT2D eigenvalue weighted by atomic mass is 9.68. The van der Waals surface area contributed by atoms with Gasteiger partial charge < -0.3 is 15.0 Å². The maximum Gasteiger partial charge on any atom is 0.273 e. The van der Waals surface area contributed by atoms with E-state index in [-0.39, 0.29) is 40.9 Å². The lowest BCUT2D eigenvalue weighted by Crippen LogP contribution is -2.52. The summed E-state index contributed by atoms with van der Waals surface area (Å²) in [5.74, 6) is -0.753. The van der Waals surface area contributed by atoms with E-state index < -0.39 is 11.9 Å². The molecule has 2 N–H and O–H groups in total. The van der Waals surface area contributed by atoms with Gasteiger partial charge in [0.15, 0.2) is 5.69 Å². The first kappa shape index (κ1) is 21.7. The van der Waals surface area contributed by atoms with Crippen LogP contribution in [0.1, 0.15) is 64.9 Å². The van der Waals surface area contributed by atoms with Crippen molar-refractivity contribution in [2.75, 3.05) is 13.2 Å². The molecule has 4 amide bonds. The first-order chi connectivity index (χ1) is 17.4. The Labute approximate surface area is 206 Å². The molecule has 0 bridgehead atoms. The number of aromatic nitrogens is 3. The first-order valence-corrected chi connectivity index (χ1v) is 12.5. The highest BCUT2D eigenvalue weighted by Crippen LogP contribution is 2.70. The van der Waals surface area contributed by atoms with Crippen molar-refractivity contribution in [3.05, 3.63) is 41.2 Å². The molecule has 1 aromatic heterocycles. The van der Waals surface area contributed by atoms with Gasteiger partial charge in [-0.05, 0) is 55.7 Å². The molecular formula is C25H26N6O5. The number of hydrogen-bond donors (Lipinski definition) is 2. The van der Waals surface area contributed by atoms with Gasteiger partial charge in [0.25, 0.3) is 11.8 Å². The third-order valence-electron chi connectivity index (χ3n) is 8.93. The summed E-state index contributed by atoms with van der Waals surface area (Å²) in [5, 5.41) is 13.5. The third-order valence-corrected chi connectivity index (χ3v) is 8.93. The van der Waals surface area contributed by atoms with Crippen molar-refractivity contribution in [3.8, 4) is 5.69 Å². The highest BCUT2D eigenvalue weighted by molar-refractivity contribution is 6.05. The summed E-state index contributed by atoms with van der Waals surface area (Å²) in [4.78, 5) is 51.2. The SMILES string of the molecule is O=C1CCC(N2Cc3ccc(-n4cc(C(=O)NC[C@]56C[C@H]5COC65CCC5)nn4)cc3C2=O)C(=O)N1. The molecule has 3 atom stereocenters. The van der Waals surface area contributed by atoms with Gasteiger partial charge in [-0.3, -0.25) is 24.5 Å². The van der Waals surface area contributed by atoms with Crippen LogP contribution in [-0.4, -0.2) is 68.3 Å². The largest absolute Gasteiger partial charge is 0.374 e. The molecule has 2 saturated heterocycles. The van der Waals surface area contributed by atoms with Crippen LogP contribution < -0.4 is 10.6 Å². The molecule has 186 valence electrons. The Morgan fingerprint density at radius 2 is 2.11 bits per heavy atom. The number of amides is 4. The third kappa shape index (κ3) is 3.01. The predicted octanol–water partition coefficient (Wildman–Crippen LogP) is 0.717. The van der Waals surface area contributed by atoms with Crippen LogP contribution in [-0.2, 0) is 20.9 Å². The Morgan fingerprint density at radius 1 is 1.25 bits per heavy atom. The summed E-state index contributed by atoms with van der Waals surface area (Å²) in [6.45, 7) is 1.69. The first-order valence-electron chi connectivity index (χ1n) is 12.5. The van der Waals surface area contributed by atoms with Crippen LogP contribution in [0.2, 0.25) is 0 Å². The van der Waals surface area contributed by atoms with Crippen LogP contribution in [0.5, 0.6) is 0 Å². The van der Waals surface area contributed by atoms with Gasteiger partial charge >= 0.3 is 0 Å². The number of carbonyl (C=O) groups is 4. The van der Waals surface area contributed by atoms with Gasteiger partial charge in [0.2, 0.25) is 11.8 Å². The smallest absolute Gasteiger partial charge is 0.273 e. The molecule has 2 aromatic rings. The van der Waals surface area contributed by atoms with E-state index in [1.54, 1.807) is 18.3 Å². The summed E-state index contributed by atoms with van der Waals surface area (Å²) >= 11 is 0. The fourth-order valence-corrected chi connectivity index (χ4v) is 6.59. The molecule has 36 heavy (non-hydrogen) atoms. The molecule has 2 saturated carbocycles. The van der Waals surface area contributed by atoms with Crippen molar-refractivity contribution in [2.24, 2.45) is 11.3 Å². The van der Waals surface area contributed by atoms with E-state index >= 15 is 0 Å². The van der Waals surface area contributed by atoms with Crippen molar-refractivity contribution in [3.63, 3.8) is 0 Å². The summed E-state index contributed by atoms with van der Waals surface area (Å²) in [6.07, 6.45) is 6.53. The monoisotopic (exact) mass is 490 g/mol. The molecule has 3 aliphatic heterocycles. The zero-order chi connectivity index (χ0) is 24.7. The second-order valence-corrected chi connectivity index (χ2v) is 10.7. The minimum absolute atomic E-state index is 0.0405. The van der Waals surface area contributed by atoms with Crippen molar-refractivity contribution in [1.82, 2.24) is 30.5 Å².